The van der Waals surface area contributed by atoms with Crippen LogP contribution in [-0.4, -0.2) is 28.1 Å². The van der Waals surface area contributed by atoms with Gasteiger partial charge in [-0.2, -0.15) is 0 Å². The highest BCUT2D eigenvalue weighted by atomic mass is 32.2. The average Bonchev–Trinajstić information content (AvgIpc) is 3.47. The van der Waals surface area contributed by atoms with Crippen molar-refractivity contribution in [3.63, 3.8) is 0 Å². The molecular weight excluding hydrogens is 460 g/mol. The molecule has 0 amide bonds. The van der Waals surface area contributed by atoms with Gasteiger partial charge in [-0.15, -0.1) is 0 Å². The molecule has 0 aliphatic carbocycles. The number of para-hydroxylation sites is 1. The second-order valence-electron chi connectivity index (χ2n) is 8.04. The maximum atomic E-state index is 6.36. The lowest BCUT2D eigenvalue weighted by atomic mass is 10.0. The Morgan fingerprint density at radius 3 is 2.47 bits per heavy atom. The molecule has 1 saturated heterocycles. The number of nitrogens with zero attached hydrogens (tertiary/aromatic N) is 2. The molecule has 0 radical (unpaired) electrons. The summed E-state index contributed by atoms with van der Waals surface area (Å²) in [5.74, 6) is 0.887. The first-order valence-electron chi connectivity index (χ1n) is 11.4. The van der Waals surface area contributed by atoms with Crippen LogP contribution in [0.4, 0.5) is 5.69 Å². The first kappa shape index (κ1) is 22.5. The van der Waals surface area contributed by atoms with Crippen molar-refractivity contribution in [1.82, 2.24) is 15.2 Å². The largest absolute Gasteiger partial charge is 0.452 e. The van der Waals surface area contributed by atoms with Crippen LogP contribution in [0, 0.1) is 0 Å². The monoisotopic (exact) mass is 486 g/mol. The van der Waals surface area contributed by atoms with Gasteiger partial charge in [-0.25, -0.2) is 0 Å². The third-order valence-electron chi connectivity index (χ3n) is 5.73. The molecular formula is C27H26N4OS2. The summed E-state index contributed by atoms with van der Waals surface area (Å²) in [6.45, 7) is 1.67. The van der Waals surface area contributed by atoms with Crippen LogP contribution in [0.3, 0.4) is 0 Å². The average molecular weight is 487 g/mol. The van der Waals surface area contributed by atoms with Crippen LogP contribution in [0.1, 0.15) is 30.0 Å². The smallest absolute Gasteiger partial charge is 0.170 e. The Balaban J connectivity index is 1.34. The lowest BCUT2D eigenvalue weighted by Crippen LogP contribution is -2.31. The normalized spacial score (nSPS) is 17.5. The molecule has 3 heterocycles. The van der Waals surface area contributed by atoms with Gasteiger partial charge in [0.05, 0.1) is 11.7 Å². The molecule has 5 nitrogen and oxygen atoms in total. The zero-order chi connectivity index (χ0) is 23.2. The molecule has 0 spiro atoms. The first-order chi connectivity index (χ1) is 16.8. The molecule has 0 bridgehead atoms. The summed E-state index contributed by atoms with van der Waals surface area (Å²) < 4.78 is 6.36. The second-order valence-corrected chi connectivity index (χ2v) is 9.50. The van der Waals surface area contributed by atoms with Crippen molar-refractivity contribution in [1.29, 1.82) is 0 Å². The molecule has 2 aromatic carbocycles. The van der Waals surface area contributed by atoms with Gasteiger partial charge in [-0.1, -0.05) is 54.2 Å². The highest BCUT2D eigenvalue weighted by molar-refractivity contribution is 7.99. The summed E-state index contributed by atoms with van der Waals surface area (Å²) in [7, 11) is 0. The summed E-state index contributed by atoms with van der Waals surface area (Å²) >= 11 is 7.39. The van der Waals surface area contributed by atoms with E-state index < -0.39 is 0 Å². The molecule has 34 heavy (non-hydrogen) atoms. The van der Waals surface area contributed by atoms with E-state index >= 15 is 0 Å². The van der Waals surface area contributed by atoms with E-state index in [0.717, 1.165) is 51.8 Å². The molecule has 172 valence electrons. The van der Waals surface area contributed by atoms with Crippen LogP contribution >= 0.6 is 24.0 Å². The van der Waals surface area contributed by atoms with Crippen LogP contribution in [0.5, 0.6) is 0 Å². The second kappa shape index (κ2) is 10.8. The van der Waals surface area contributed by atoms with Crippen molar-refractivity contribution in [2.45, 2.75) is 28.5 Å². The number of benzene rings is 2. The number of rotatable bonds is 9. The summed E-state index contributed by atoms with van der Waals surface area (Å²) in [5.41, 5.74) is 2.08. The van der Waals surface area contributed by atoms with E-state index in [-0.39, 0.29) is 12.1 Å². The number of hydrogen-bond acceptors (Lipinski definition) is 5. The van der Waals surface area contributed by atoms with Gasteiger partial charge in [0, 0.05) is 29.9 Å². The molecule has 2 aromatic heterocycles. The van der Waals surface area contributed by atoms with Crippen LogP contribution in [0.2, 0.25) is 0 Å². The molecule has 2 atom stereocenters. The maximum absolute atomic E-state index is 6.36. The SMILES string of the molecule is S=C1N[C@@H](c2ccccn2)[C@@H](c2ccc(Sc3ccccc3)o2)N1CCCNc1ccccc1. The van der Waals surface area contributed by atoms with Crippen LogP contribution in [0.25, 0.3) is 0 Å². The molecule has 2 N–H and O–H groups in total. The third-order valence-corrected chi connectivity index (χ3v) is 7.01. The fraction of sp³-hybridized carbons (Fsp3) is 0.185. The van der Waals surface area contributed by atoms with E-state index in [2.05, 4.69) is 50.8 Å². The van der Waals surface area contributed by atoms with Crippen LogP contribution in [0.15, 0.2) is 112 Å². The number of aromatic nitrogens is 1. The van der Waals surface area contributed by atoms with E-state index in [1.165, 1.54) is 0 Å². The Labute approximate surface area is 209 Å². The molecule has 1 aliphatic heterocycles. The summed E-state index contributed by atoms with van der Waals surface area (Å²) in [6.07, 6.45) is 2.76. The van der Waals surface area contributed by atoms with Gasteiger partial charge in [-0.3, -0.25) is 4.98 Å². The van der Waals surface area contributed by atoms with E-state index in [1.54, 1.807) is 11.8 Å². The molecule has 1 fully saturated rings. The van der Waals surface area contributed by atoms with Gasteiger partial charge in [0.1, 0.15) is 11.8 Å². The predicted molar refractivity (Wildman–Crippen MR) is 141 cm³/mol. The van der Waals surface area contributed by atoms with Crippen LogP contribution in [-0.2, 0) is 0 Å². The highest BCUT2D eigenvalue weighted by Crippen LogP contribution is 2.41. The minimum absolute atomic E-state index is 0.0655. The Bertz CT molecular complexity index is 1200. The zero-order valence-corrected chi connectivity index (χ0v) is 20.3. The number of pyridine rings is 1. The molecule has 7 heteroatoms. The van der Waals surface area contributed by atoms with E-state index in [0.29, 0.717) is 0 Å². The van der Waals surface area contributed by atoms with E-state index in [9.17, 15) is 0 Å². The van der Waals surface area contributed by atoms with Gasteiger partial charge < -0.3 is 20.0 Å². The summed E-state index contributed by atoms with van der Waals surface area (Å²) in [4.78, 5) is 7.99. The first-order valence-corrected chi connectivity index (χ1v) is 12.6. The highest BCUT2D eigenvalue weighted by Gasteiger charge is 2.41. The Kier molecular flexibility index (Phi) is 7.12. The Morgan fingerprint density at radius 1 is 0.941 bits per heavy atom. The lowest BCUT2D eigenvalue weighted by Gasteiger charge is -2.26. The van der Waals surface area contributed by atoms with E-state index in [1.807, 2.05) is 66.9 Å². The van der Waals surface area contributed by atoms with Crippen LogP contribution < -0.4 is 10.6 Å². The zero-order valence-electron chi connectivity index (χ0n) is 18.6. The van der Waals surface area contributed by atoms with Gasteiger partial charge in [0.15, 0.2) is 10.2 Å². The van der Waals surface area contributed by atoms with Gasteiger partial charge >= 0.3 is 0 Å². The minimum atomic E-state index is -0.0727. The number of nitrogens with one attached hydrogen (secondary N) is 2. The Hall–Kier alpha value is -3.29. The fourth-order valence-electron chi connectivity index (χ4n) is 4.15. The fourth-order valence-corrected chi connectivity index (χ4v) is 5.28. The number of anilines is 1. The Morgan fingerprint density at radius 2 is 1.71 bits per heavy atom. The van der Waals surface area contributed by atoms with Crippen molar-refractivity contribution in [2.75, 3.05) is 18.4 Å². The minimum Gasteiger partial charge on any atom is -0.452 e. The van der Waals surface area contributed by atoms with E-state index in [4.69, 9.17) is 16.6 Å². The van der Waals surface area contributed by atoms with Gasteiger partial charge in [0.25, 0.3) is 0 Å². The van der Waals surface area contributed by atoms with Crippen molar-refractivity contribution >= 4 is 34.8 Å². The standard InChI is InChI=1S/C27H26N4OS2/c33-27-30-25(22-14-7-8-17-29-22)26(31(27)19-9-18-28-20-10-3-1-4-11-20)23-15-16-24(32-23)34-21-12-5-2-6-13-21/h1-8,10-17,25-26,28H,9,18-19H2,(H,30,33)/t25-,26+/m0/s1. The molecule has 0 saturated carbocycles. The van der Waals surface area contributed by atoms with Gasteiger partial charge in [-0.05, 0) is 67.2 Å². The van der Waals surface area contributed by atoms with Gasteiger partial charge in [0.2, 0.25) is 0 Å². The summed E-state index contributed by atoms with van der Waals surface area (Å²) in [5, 5.41) is 8.57. The topological polar surface area (TPSA) is 53.3 Å². The van der Waals surface area contributed by atoms with Crippen molar-refractivity contribution in [2.24, 2.45) is 0 Å². The predicted octanol–water partition coefficient (Wildman–Crippen LogP) is 6.30. The molecule has 0 unspecified atom stereocenters. The van der Waals surface area contributed by atoms with Crippen molar-refractivity contribution < 1.29 is 4.42 Å². The lowest BCUT2D eigenvalue weighted by molar-refractivity contribution is 0.259. The molecule has 5 rings (SSSR count). The quantitative estimate of drug-likeness (QED) is 0.213. The van der Waals surface area contributed by atoms with Crippen molar-refractivity contribution in [3.05, 3.63) is 109 Å². The number of thiocarbonyl (C=S) groups is 1. The maximum Gasteiger partial charge on any atom is 0.170 e. The summed E-state index contributed by atoms with van der Waals surface area (Å²) in [6, 6.07) is 30.5. The van der Waals surface area contributed by atoms with Crippen molar-refractivity contribution in [3.8, 4) is 0 Å². The number of hydrogen-bond donors (Lipinski definition) is 2. The molecule has 1 aliphatic rings. The number of furan rings is 1. The third kappa shape index (κ3) is 5.26. The molecule has 4 aromatic rings.